The average Bonchev–Trinajstić information content (AvgIpc) is 2.95. The summed E-state index contributed by atoms with van der Waals surface area (Å²) < 4.78 is 10.5. The van der Waals surface area contributed by atoms with Crippen LogP contribution in [0.3, 0.4) is 0 Å². The number of imide groups is 1. The van der Waals surface area contributed by atoms with E-state index >= 15 is 0 Å². The van der Waals surface area contributed by atoms with Gasteiger partial charge in [0.2, 0.25) is 0 Å². The number of nitrogens with zero attached hydrogens (tertiary/aromatic N) is 4. The second-order valence-corrected chi connectivity index (χ2v) is 8.22. The van der Waals surface area contributed by atoms with Gasteiger partial charge in [-0.1, -0.05) is 6.07 Å². The second kappa shape index (κ2) is 10.3. The molecule has 1 aromatic heterocycles. The lowest BCUT2D eigenvalue weighted by molar-refractivity contribution is -0.136. The number of aryl methyl sites for hydroxylation is 1. The number of amides is 3. The number of hydrogen-bond acceptors (Lipinski definition) is 6. The predicted molar refractivity (Wildman–Crippen MR) is 113 cm³/mol. The van der Waals surface area contributed by atoms with Crippen LogP contribution < -0.4 is 0 Å². The number of pyridine rings is 1. The molecule has 166 valence electrons. The van der Waals surface area contributed by atoms with Gasteiger partial charge in [0.15, 0.2) is 0 Å². The van der Waals surface area contributed by atoms with Gasteiger partial charge >= 0.3 is 6.03 Å². The van der Waals surface area contributed by atoms with Crippen LogP contribution in [0.2, 0.25) is 0 Å². The Balaban J connectivity index is 1.68. The first-order chi connectivity index (χ1) is 14.5. The summed E-state index contributed by atoms with van der Waals surface area (Å²) in [6.07, 6.45) is 6.39. The molecule has 0 radical (unpaired) electrons. The molecule has 3 rings (SSSR count). The average molecular weight is 419 g/mol. The van der Waals surface area contributed by atoms with Gasteiger partial charge < -0.3 is 14.4 Å². The van der Waals surface area contributed by atoms with E-state index in [0.29, 0.717) is 45.2 Å². The zero-order chi connectivity index (χ0) is 21.6. The molecular weight excluding hydrogens is 384 g/mol. The van der Waals surface area contributed by atoms with E-state index in [-0.39, 0.29) is 11.9 Å². The Morgan fingerprint density at radius 3 is 2.57 bits per heavy atom. The SMILES string of the molecule is COCCN1C(=O)N(CCCc2cccnc2)C(=O)C12CCN([C@@H](C)COC)CC2. The number of carbonyl (C=O) groups is 2. The van der Waals surface area contributed by atoms with E-state index in [4.69, 9.17) is 9.47 Å². The minimum Gasteiger partial charge on any atom is -0.383 e. The third kappa shape index (κ3) is 4.66. The number of carbonyl (C=O) groups excluding carboxylic acids is 2. The summed E-state index contributed by atoms with van der Waals surface area (Å²) in [6.45, 7) is 5.64. The van der Waals surface area contributed by atoms with E-state index in [1.165, 1.54) is 4.90 Å². The highest BCUT2D eigenvalue weighted by Gasteiger charge is 2.57. The molecule has 1 spiro atoms. The van der Waals surface area contributed by atoms with E-state index < -0.39 is 5.54 Å². The third-order valence-electron chi connectivity index (χ3n) is 6.37. The number of urea groups is 1. The van der Waals surface area contributed by atoms with Crippen LogP contribution in [0, 0.1) is 0 Å². The quantitative estimate of drug-likeness (QED) is 0.540. The van der Waals surface area contributed by atoms with Crippen molar-refractivity contribution in [2.75, 3.05) is 53.6 Å². The summed E-state index contributed by atoms with van der Waals surface area (Å²) in [6, 6.07) is 4.04. The summed E-state index contributed by atoms with van der Waals surface area (Å²) in [7, 11) is 3.33. The largest absolute Gasteiger partial charge is 0.383 e. The molecule has 8 heteroatoms. The molecule has 8 nitrogen and oxygen atoms in total. The van der Waals surface area contributed by atoms with Crippen LogP contribution in [-0.2, 0) is 20.7 Å². The van der Waals surface area contributed by atoms with Crippen LogP contribution in [0.1, 0.15) is 31.7 Å². The first-order valence-electron chi connectivity index (χ1n) is 10.8. The predicted octanol–water partition coefficient (Wildman–Crippen LogP) is 1.79. The first-order valence-corrected chi connectivity index (χ1v) is 10.8. The molecule has 0 N–H and O–H groups in total. The first kappa shape index (κ1) is 22.7. The maximum Gasteiger partial charge on any atom is 0.327 e. The lowest BCUT2D eigenvalue weighted by Gasteiger charge is -2.43. The number of methoxy groups -OCH3 is 2. The molecule has 2 fully saturated rings. The fraction of sp³-hybridized carbons (Fsp3) is 0.682. The molecule has 2 aliphatic heterocycles. The third-order valence-corrected chi connectivity index (χ3v) is 6.37. The van der Waals surface area contributed by atoms with E-state index in [2.05, 4.69) is 16.8 Å². The zero-order valence-electron chi connectivity index (χ0n) is 18.4. The van der Waals surface area contributed by atoms with Crippen molar-refractivity contribution in [1.82, 2.24) is 19.7 Å². The van der Waals surface area contributed by atoms with Crippen molar-refractivity contribution in [3.05, 3.63) is 30.1 Å². The van der Waals surface area contributed by atoms with Crippen molar-refractivity contribution < 1.29 is 19.1 Å². The zero-order valence-corrected chi connectivity index (χ0v) is 18.4. The highest BCUT2D eigenvalue weighted by Crippen LogP contribution is 2.37. The van der Waals surface area contributed by atoms with Gasteiger partial charge in [-0.05, 0) is 44.2 Å². The molecule has 1 aromatic rings. The molecule has 0 bridgehead atoms. The second-order valence-electron chi connectivity index (χ2n) is 8.22. The van der Waals surface area contributed by atoms with Crippen LogP contribution in [0.15, 0.2) is 24.5 Å². The van der Waals surface area contributed by atoms with Crippen LogP contribution in [0.25, 0.3) is 0 Å². The Morgan fingerprint density at radius 1 is 1.17 bits per heavy atom. The summed E-state index contributed by atoms with van der Waals surface area (Å²) in [5.41, 5.74) is 0.371. The summed E-state index contributed by atoms with van der Waals surface area (Å²) in [5.74, 6) is -0.0474. The van der Waals surface area contributed by atoms with E-state index in [1.807, 2.05) is 18.3 Å². The summed E-state index contributed by atoms with van der Waals surface area (Å²) in [4.78, 5) is 36.4. The van der Waals surface area contributed by atoms with Gasteiger partial charge in [-0.15, -0.1) is 0 Å². The molecule has 0 unspecified atom stereocenters. The van der Waals surface area contributed by atoms with Gasteiger partial charge in [0.25, 0.3) is 5.91 Å². The fourth-order valence-corrected chi connectivity index (χ4v) is 4.62. The van der Waals surface area contributed by atoms with Gasteiger partial charge in [-0.2, -0.15) is 0 Å². The van der Waals surface area contributed by atoms with Crippen molar-refractivity contribution in [1.29, 1.82) is 0 Å². The fourth-order valence-electron chi connectivity index (χ4n) is 4.62. The number of hydrogen-bond donors (Lipinski definition) is 0. The van der Waals surface area contributed by atoms with Crippen molar-refractivity contribution in [2.24, 2.45) is 0 Å². The van der Waals surface area contributed by atoms with Gasteiger partial charge in [-0.25, -0.2) is 4.79 Å². The number of aromatic nitrogens is 1. The highest BCUT2D eigenvalue weighted by molar-refractivity contribution is 6.07. The normalized spacial score (nSPS) is 20.4. The standard InChI is InChI=1S/C22H34N4O4/c1-18(17-30-3)24-12-8-22(9-13-24)20(27)25(21(28)26(22)14-15-29-2)11-5-7-19-6-4-10-23-16-19/h4,6,10,16,18H,5,7-9,11-15,17H2,1-3H3/t18-/m0/s1. The van der Waals surface area contributed by atoms with E-state index in [1.54, 1.807) is 25.3 Å². The maximum absolute atomic E-state index is 13.5. The van der Waals surface area contributed by atoms with E-state index in [0.717, 1.165) is 31.5 Å². The topological polar surface area (TPSA) is 75.2 Å². The summed E-state index contributed by atoms with van der Waals surface area (Å²) in [5, 5.41) is 0. The Morgan fingerprint density at radius 2 is 1.93 bits per heavy atom. The van der Waals surface area contributed by atoms with E-state index in [9.17, 15) is 9.59 Å². The molecule has 30 heavy (non-hydrogen) atoms. The Kier molecular flexibility index (Phi) is 7.80. The molecule has 2 aliphatic rings. The highest BCUT2D eigenvalue weighted by atomic mass is 16.5. The van der Waals surface area contributed by atoms with Crippen molar-refractivity contribution in [3.8, 4) is 0 Å². The number of piperidine rings is 1. The minimum absolute atomic E-state index is 0.0474. The van der Waals surface area contributed by atoms with Gasteiger partial charge in [0, 0.05) is 58.8 Å². The molecule has 0 aromatic carbocycles. The van der Waals surface area contributed by atoms with Crippen LogP contribution in [0.4, 0.5) is 4.79 Å². The monoisotopic (exact) mass is 418 g/mol. The summed E-state index contributed by atoms with van der Waals surface area (Å²) >= 11 is 0. The number of ether oxygens (including phenoxy) is 2. The van der Waals surface area contributed by atoms with Crippen LogP contribution in [0.5, 0.6) is 0 Å². The smallest absolute Gasteiger partial charge is 0.327 e. The lowest BCUT2D eigenvalue weighted by Crippen LogP contribution is -2.58. The molecular formula is C22H34N4O4. The van der Waals surface area contributed by atoms with Gasteiger partial charge in [-0.3, -0.25) is 19.6 Å². The van der Waals surface area contributed by atoms with Crippen molar-refractivity contribution >= 4 is 11.9 Å². The molecule has 3 heterocycles. The van der Waals surface area contributed by atoms with Gasteiger partial charge in [0.1, 0.15) is 5.54 Å². The van der Waals surface area contributed by atoms with Crippen LogP contribution in [-0.4, -0.2) is 96.8 Å². The van der Waals surface area contributed by atoms with Gasteiger partial charge in [0.05, 0.1) is 13.2 Å². The van der Waals surface area contributed by atoms with Crippen molar-refractivity contribution in [2.45, 2.75) is 44.2 Å². The van der Waals surface area contributed by atoms with Crippen molar-refractivity contribution in [3.63, 3.8) is 0 Å². The lowest BCUT2D eigenvalue weighted by atomic mass is 9.85. The molecule has 0 aliphatic carbocycles. The molecule has 2 saturated heterocycles. The van der Waals surface area contributed by atoms with Crippen LogP contribution >= 0.6 is 0 Å². The Hall–Kier alpha value is -2.03. The Labute approximate surface area is 179 Å². The molecule has 0 saturated carbocycles. The maximum atomic E-state index is 13.5. The Bertz CT molecular complexity index is 706. The number of likely N-dealkylation sites (tertiary alicyclic amines) is 1. The number of rotatable bonds is 10. The minimum atomic E-state index is -0.743. The molecule has 1 atom stereocenters. The molecule has 3 amide bonds.